The monoisotopic (exact) mass is 679 g/mol. The highest BCUT2D eigenvalue weighted by atomic mass is 32.2. The quantitative estimate of drug-likeness (QED) is 0.153. The minimum atomic E-state index is -3.70. The lowest BCUT2D eigenvalue weighted by molar-refractivity contribution is -0.141. The van der Waals surface area contributed by atoms with E-state index in [9.17, 15) is 36.7 Å². The van der Waals surface area contributed by atoms with E-state index < -0.39 is 70.0 Å². The zero-order valence-corrected chi connectivity index (χ0v) is 29.2. The van der Waals surface area contributed by atoms with Gasteiger partial charge in [-0.1, -0.05) is 34.6 Å². The van der Waals surface area contributed by atoms with Gasteiger partial charge in [0.1, 0.15) is 12.3 Å². The topological polar surface area (TPSA) is 162 Å². The van der Waals surface area contributed by atoms with E-state index in [2.05, 4.69) is 10.1 Å². The van der Waals surface area contributed by atoms with Crippen LogP contribution in [0.4, 0.5) is 8.78 Å². The van der Waals surface area contributed by atoms with Crippen LogP contribution < -0.4 is 15.9 Å². The molecule has 0 bridgehead atoms. The molecule has 14 heteroatoms. The van der Waals surface area contributed by atoms with E-state index in [1.807, 2.05) is 20.8 Å². The van der Waals surface area contributed by atoms with Gasteiger partial charge in [0.2, 0.25) is 27.7 Å². The first-order valence-corrected chi connectivity index (χ1v) is 18.8. The van der Waals surface area contributed by atoms with E-state index in [-0.39, 0.29) is 75.6 Å². The Morgan fingerprint density at radius 1 is 0.870 bits per heavy atom. The lowest BCUT2D eigenvalue weighted by atomic mass is 9.73. The number of carbonyl (C=O) groups is 3. The summed E-state index contributed by atoms with van der Waals surface area (Å²) in [6.07, 6.45) is -1.15. The van der Waals surface area contributed by atoms with Gasteiger partial charge in [-0.05, 0) is 69.6 Å². The Morgan fingerprint density at radius 2 is 1.41 bits per heavy atom. The summed E-state index contributed by atoms with van der Waals surface area (Å²) < 4.78 is 54.1. The number of sulfonamides is 1. The predicted molar refractivity (Wildman–Crippen MR) is 174 cm³/mol. The maximum Gasteiger partial charge on any atom is 0.225 e. The first-order valence-electron chi connectivity index (χ1n) is 17.2. The van der Waals surface area contributed by atoms with E-state index in [1.165, 1.54) is 5.01 Å². The molecule has 0 saturated heterocycles. The number of hydrogen-bond acceptors (Lipinski definition) is 7. The summed E-state index contributed by atoms with van der Waals surface area (Å²) in [6, 6.07) is -0.955. The lowest BCUT2D eigenvalue weighted by Crippen LogP contribution is -2.55. The number of halogens is 2. The molecule has 0 radical (unpaired) electrons. The summed E-state index contributed by atoms with van der Waals surface area (Å²) in [7, 11) is -3.70. The Bertz CT molecular complexity index is 1070. The zero-order chi connectivity index (χ0) is 34.6. The first-order chi connectivity index (χ1) is 21.6. The Morgan fingerprint density at radius 3 is 1.93 bits per heavy atom. The summed E-state index contributed by atoms with van der Waals surface area (Å²) in [4.78, 5) is 44.0. The van der Waals surface area contributed by atoms with Crippen molar-refractivity contribution in [3.8, 4) is 0 Å². The van der Waals surface area contributed by atoms with Crippen molar-refractivity contribution >= 4 is 27.7 Å². The normalized spacial score (nSPS) is 26.9. The van der Waals surface area contributed by atoms with Crippen molar-refractivity contribution in [2.75, 3.05) is 31.9 Å². The molecule has 2 rings (SSSR count). The third-order valence-electron chi connectivity index (χ3n) is 8.92. The molecule has 46 heavy (non-hydrogen) atoms. The predicted octanol–water partition coefficient (Wildman–Crippen LogP) is 3.07. The third kappa shape index (κ3) is 13.3. The zero-order valence-electron chi connectivity index (χ0n) is 28.4. The fraction of sp³-hybridized carbons (Fsp3) is 0.906. The van der Waals surface area contributed by atoms with Crippen molar-refractivity contribution in [3.05, 3.63) is 0 Å². The van der Waals surface area contributed by atoms with E-state index in [0.717, 1.165) is 12.8 Å². The van der Waals surface area contributed by atoms with Crippen molar-refractivity contribution in [1.82, 2.24) is 20.1 Å². The molecule has 7 atom stereocenters. The number of aliphatic hydroxyl groups is 1. The summed E-state index contributed by atoms with van der Waals surface area (Å²) in [5.74, 6) is -3.86. The molecule has 0 spiro atoms. The van der Waals surface area contributed by atoms with Crippen LogP contribution in [0.5, 0.6) is 0 Å². The highest BCUT2D eigenvalue weighted by molar-refractivity contribution is 7.89. The highest BCUT2D eigenvalue weighted by Gasteiger charge is 2.41. The highest BCUT2D eigenvalue weighted by Crippen LogP contribution is 2.36. The second kappa shape index (κ2) is 19.2. The number of hydrazine groups is 1. The summed E-state index contributed by atoms with van der Waals surface area (Å²) in [5.41, 5.74) is 5.68. The van der Waals surface area contributed by atoms with Gasteiger partial charge in [-0.2, -0.15) is 0 Å². The van der Waals surface area contributed by atoms with Gasteiger partial charge < -0.3 is 21.1 Å². The molecule has 2 aliphatic carbocycles. The maximum atomic E-state index is 14.3. The molecule has 2 fully saturated rings. The van der Waals surface area contributed by atoms with Crippen molar-refractivity contribution in [2.45, 2.75) is 123 Å². The van der Waals surface area contributed by atoms with Crippen LogP contribution in [-0.2, 0) is 24.4 Å². The Hall–Kier alpha value is -1.90. The molecule has 0 aromatic carbocycles. The van der Waals surface area contributed by atoms with Gasteiger partial charge in [-0.3, -0.25) is 14.4 Å². The molecule has 268 valence electrons. The fourth-order valence-corrected chi connectivity index (χ4v) is 8.53. The van der Waals surface area contributed by atoms with Crippen molar-refractivity contribution in [2.24, 2.45) is 35.3 Å². The largest absolute Gasteiger partial charge is 0.390 e. The maximum absolute atomic E-state index is 14.3. The fourth-order valence-electron chi connectivity index (χ4n) is 7.02. The van der Waals surface area contributed by atoms with Crippen LogP contribution in [0, 0.1) is 29.6 Å². The first kappa shape index (κ1) is 40.3. The number of aliphatic hydroxyl groups excluding tert-OH is 1. The van der Waals surface area contributed by atoms with Gasteiger partial charge in [0.05, 0.1) is 17.9 Å². The molecular formula is C32H59F2N5O6S. The van der Waals surface area contributed by atoms with E-state index >= 15 is 0 Å². The number of nitrogens with two attached hydrogens (primary N) is 1. The van der Waals surface area contributed by atoms with Crippen LogP contribution in [0.15, 0.2) is 0 Å². The van der Waals surface area contributed by atoms with Crippen LogP contribution in [0.1, 0.15) is 98.8 Å². The molecule has 0 aromatic rings. The van der Waals surface area contributed by atoms with E-state index in [1.54, 1.807) is 18.7 Å². The second-order valence-electron chi connectivity index (χ2n) is 13.9. The van der Waals surface area contributed by atoms with Gasteiger partial charge >= 0.3 is 0 Å². The average molecular weight is 680 g/mol. The number of hydrogen-bond donors (Lipinski definition) is 4. The van der Waals surface area contributed by atoms with Gasteiger partial charge in [-0.15, -0.1) is 4.83 Å². The Kier molecular flexibility index (Phi) is 16.8. The second-order valence-corrected chi connectivity index (χ2v) is 15.7. The SMILES string of the molecule is CCCN(CC(O)C(CC1CC(F)CC(F)C1)NC(=O)C1CC(C(N)=O)CC(C(=O)N(CCC)CCC)C1)NS(=O)(=O)CC(C)C. The Balaban J connectivity index is 2.30. The number of nitrogens with one attached hydrogen (secondary N) is 2. The van der Waals surface area contributed by atoms with Gasteiger partial charge in [-0.25, -0.2) is 22.2 Å². The smallest absolute Gasteiger partial charge is 0.225 e. The number of amides is 3. The molecule has 7 unspecified atom stereocenters. The van der Waals surface area contributed by atoms with Crippen molar-refractivity contribution in [3.63, 3.8) is 0 Å². The third-order valence-corrected chi connectivity index (χ3v) is 10.6. The van der Waals surface area contributed by atoms with E-state index in [0.29, 0.717) is 19.5 Å². The van der Waals surface area contributed by atoms with Gasteiger partial charge in [0.15, 0.2) is 0 Å². The molecule has 2 aliphatic rings. The van der Waals surface area contributed by atoms with Crippen LogP contribution in [-0.4, -0.2) is 97.6 Å². The average Bonchev–Trinajstić information content (AvgIpc) is 2.94. The van der Waals surface area contributed by atoms with E-state index in [4.69, 9.17) is 5.73 Å². The molecule has 0 aliphatic heterocycles. The van der Waals surface area contributed by atoms with Crippen molar-refractivity contribution in [1.29, 1.82) is 0 Å². The van der Waals surface area contributed by atoms with Gasteiger partial charge in [0.25, 0.3) is 0 Å². The van der Waals surface area contributed by atoms with Gasteiger partial charge in [0, 0.05) is 50.4 Å². The number of nitrogens with zero attached hydrogens (tertiary/aromatic N) is 2. The summed E-state index contributed by atoms with van der Waals surface area (Å²) in [6.45, 7) is 10.6. The number of carbonyl (C=O) groups excluding carboxylic acids is 3. The molecule has 2 saturated carbocycles. The van der Waals surface area contributed by atoms with Crippen LogP contribution in [0.25, 0.3) is 0 Å². The van der Waals surface area contributed by atoms with Crippen LogP contribution in [0.3, 0.4) is 0 Å². The molecule has 5 N–H and O–H groups in total. The lowest BCUT2D eigenvalue weighted by Gasteiger charge is -2.37. The summed E-state index contributed by atoms with van der Waals surface area (Å²) >= 11 is 0. The van der Waals surface area contributed by atoms with Crippen LogP contribution in [0.2, 0.25) is 0 Å². The number of primary amides is 1. The minimum Gasteiger partial charge on any atom is -0.390 e. The molecule has 0 heterocycles. The van der Waals surface area contributed by atoms with Crippen LogP contribution >= 0.6 is 0 Å². The Labute approximate surface area is 274 Å². The molecule has 11 nitrogen and oxygen atoms in total. The molecule has 0 aromatic heterocycles. The minimum absolute atomic E-state index is 0.0849. The number of rotatable bonds is 19. The standard InChI is InChI=1S/C32H59F2N5O6S/c1-6-9-38(10-7-2)32(43)25-16-23(30(35)41)15-24(17-25)31(42)36-28(14-22-12-26(33)18-27(34)13-22)29(40)19-39(11-8-3)37-46(44,45)20-21(4)5/h21-29,37,40H,6-20H2,1-5H3,(H2,35,41)(H,36,42). The number of alkyl halides is 2. The molecule has 3 amide bonds. The summed E-state index contributed by atoms with van der Waals surface area (Å²) in [5, 5.41) is 15.7. The molecular weight excluding hydrogens is 620 g/mol. The van der Waals surface area contributed by atoms with Crippen molar-refractivity contribution < 1.29 is 36.7 Å².